The lowest BCUT2D eigenvalue weighted by Crippen LogP contribution is -2.42. The summed E-state index contributed by atoms with van der Waals surface area (Å²) >= 11 is 5.83. The van der Waals surface area contributed by atoms with Gasteiger partial charge >= 0.3 is 0 Å². The maximum Gasteiger partial charge on any atom is 0.239 e. The summed E-state index contributed by atoms with van der Waals surface area (Å²) in [6.45, 7) is 3.88. The summed E-state index contributed by atoms with van der Waals surface area (Å²) in [5.74, 6) is -0.0325. The van der Waals surface area contributed by atoms with Crippen LogP contribution in [0.3, 0.4) is 0 Å². The molecule has 0 aliphatic carbocycles. The maximum absolute atomic E-state index is 11.9. The Morgan fingerprint density at radius 1 is 1.41 bits per heavy atom. The van der Waals surface area contributed by atoms with Gasteiger partial charge in [-0.3, -0.25) is 4.79 Å². The molecule has 1 amide bonds. The van der Waals surface area contributed by atoms with E-state index < -0.39 is 6.04 Å². The van der Waals surface area contributed by atoms with Crippen LogP contribution in [0.5, 0.6) is 0 Å². The van der Waals surface area contributed by atoms with E-state index in [4.69, 9.17) is 17.3 Å². The van der Waals surface area contributed by atoms with Crippen molar-refractivity contribution in [3.05, 3.63) is 34.9 Å². The molecule has 17 heavy (non-hydrogen) atoms. The maximum atomic E-state index is 11.9. The average Bonchev–Trinajstić information content (AvgIpc) is 2.36. The molecule has 0 heterocycles. The number of likely N-dealkylation sites (N-methyl/N-ethyl adjacent to an activating group) is 1. The molecule has 0 radical (unpaired) electrons. The van der Waals surface area contributed by atoms with Crippen LogP contribution >= 0.6 is 11.6 Å². The number of hydrogen-bond acceptors (Lipinski definition) is 2. The SMILES string of the molecule is CCC(N)C(=O)N(C)C(C)c1ccc(Cl)cc1. The smallest absolute Gasteiger partial charge is 0.239 e. The van der Waals surface area contributed by atoms with Crippen LogP contribution in [0.2, 0.25) is 5.02 Å². The van der Waals surface area contributed by atoms with Crippen LogP contribution in [-0.2, 0) is 4.79 Å². The molecule has 4 heteroatoms. The van der Waals surface area contributed by atoms with Crippen LogP contribution in [0.25, 0.3) is 0 Å². The van der Waals surface area contributed by atoms with Gasteiger partial charge in [0.2, 0.25) is 5.91 Å². The molecule has 0 aromatic heterocycles. The molecule has 94 valence electrons. The Hall–Kier alpha value is -1.06. The standard InChI is InChI=1S/C13H19ClN2O/c1-4-12(15)13(17)16(3)9(2)10-5-7-11(14)8-6-10/h5-9,12H,4,15H2,1-3H3. The van der Waals surface area contributed by atoms with Gasteiger partial charge in [-0.25, -0.2) is 0 Å². The molecule has 0 bridgehead atoms. The van der Waals surface area contributed by atoms with Crippen molar-refractivity contribution in [3.8, 4) is 0 Å². The lowest BCUT2D eigenvalue weighted by molar-refractivity contribution is -0.133. The monoisotopic (exact) mass is 254 g/mol. The fraction of sp³-hybridized carbons (Fsp3) is 0.462. The third kappa shape index (κ3) is 3.45. The first-order chi connectivity index (χ1) is 7.97. The minimum Gasteiger partial charge on any atom is -0.338 e. The number of rotatable bonds is 4. The lowest BCUT2D eigenvalue weighted by atomic mass is 10.1. The lowest BCUT2D eigenvalue weighted by Gasteiger charge is -2.27. The van der Waals surface area contributed by atoms with Crippen LogP contribution in [0.15, 0.2) is 24.3 Å². The number of nitrogens with two attached hydrogens (primary N) is 1. The summed E-state index contributed by atoms with van der Waals surface area (Å²) in [5.41, 5.74) is 6.79. The fourth-order valence-electron chi connectivity index (χ4n) is 1.59. The van der Waals surface area contributed by atoms with Crippen molar-refractivity contribution in [1.82, 2.24) is 4.90 Å². The zero-order valence-electron chi connectivity index (χ0n) is 10.5. The van der Waals surface area contributed by atoms with E-state index in [2.05, 4.69) is 0 Å². The quantitative estimate of drug-likeness (QED) is 0.898. The molecule has 0 fully saturated rings. The van der Waals surface area contributed by atoms with Gasteiger partial charge in [-0.15, -0.1) is 0 Å². The second-order valence-corrected chi connectivity index (χ2v) is 4.63. The number of halogens is 1. The summed E-state index contributed by atoms with van der Waals surface area (Å²) in [6, 6.07) is 7.08. The minimum absolute atomic E-state index is 0.00244. The summed E-state index contributed by atoms with van der Waals surface area (Å²) in [4.78, 5) is 13.6. The normalized spacial score (nSPS) is 14.2. The molecule has 0 saturated heterocycles. The molecule has 2 N–H and O–H groups in total. The van der Waals surface area contributed by atoms with Crippen LogP contribution in [0.1, 0.15) is 31.9 Å². The molecule has 2 unspecified atom stereocenters. The Morgan fingerprint density at radius 2 is 1.94 bits per heavy atom. The van der Waals surface area contributed by atoms with Gasteiger partial charge in [0.1, 0.15) is 0 Å². The van der Waals surface area contributed by atoms with Gasteiger partial charge in [-0.05, 0) is 31.0 Å². The van der Waals surface area contributed by atoms with Crippen LogP contribution in [0.4, 0.5) is 0 Å². The Bertz CT molecular complexity index is 378. The number of benzene rings is 1. The number of hydrogen-bond donors (Lipinski definition) is 1. The Balaban J connectivity index is 2.79. The molecule has 1 rings (SSSR count). The number of carbonyl (C=O) groups is 1. The molecule has 0 saturated carbocycles. The Morgan fingerprint density at radius 3 is 2.41 bits per heavy atom. The molecule has 0 aliphatic rings. The molecule has 3 nitrogen and oxygen atoms in total. The van der Waals surface area contributed by atoms with Crippen molar-refractivity contribution >= 4 is 17.5 Å². The van der Waals surface area contributed by atoms with Gasteiger partial charge in [0.25, 0.3) is 0 Å². The predicted octanol–water partition coefficient (Wildman–Crippen LogP) is 2.60. The van der Waals surface area contributed by atoms with Crippen molar-refractivity contribution in [2.24, 2.45) is 5.73 Å². The van der Waals surface area contributed by atoms with Gasteiger partial charge in [0.15, 0.2) is 0 Å². The largest absolute Gasteiger partial charge is 0.338 e. The third-order valence-corrected chi connectivity index (χ3v) is 3.29. The van der Waals surface area contributed by atoms with E-state index in [1.54, 1.807) is 11.9 Å². The van der Waals surface area contributed by atoms with E-state index in [1.807, 2.05) is 38.1 Å². The molecule has 2 atom stereocenters. The molecule has 0 aliphatic heterocycles. The fourth-order valence-corrected chi connectivity index (χ4v) is 1.72. The van der Waals surface area contributed by atoms with Gasteiger partial charge in [-0.1, -0.05) is 30.7 Å². The van der Waals surface area contributed by atoms with Crippen LogP contribution < -0.4 is 5.73 Å². The zero-order valence-corrected chi connectivity index (χ0v) is 11.2. The average molecular weight is 255 g/mol. The highest BCUT2D eigenvalue weighted by Gasteiger charge is 2.21. The van der Waals surface area contributed by atoms with Gasteiger partial charge in [0.05, 0.1) is 12.1 Å². The minimum atomic E-state index is -0.422. The van der Waals surface area contributed by atoms with Crippen molar-refractivity contribution in [1.29, 1.82) is 0 Å². The zero-order chi connectivity index (χ0) is 13.0. The highest BCUT2D eigenvalue weighted by Crippen LogP contribution is 2.21. The van der Waals surface area contributed by atoms with Crippen LogP contribution in [-0.4, -0.2) is 23.9 Å². The van der Waals surface area contributed by atoms with E-state index in [1.165, 1.54) is 0 Å². The number of nitrogens with zero attached hydrogens (tertiary/aromatic N) is 1. The molecule has 1 aromatic rings. The molecule has 1 aromatic carbocycles. The van der Waals surface area contributed by atoms with E-state index in [-0.39, 0.29) is 11.9 Å². The molecular weight excluding hydrogens is 236 g/mol. The highest BCUT2D eigenvalue weighted by molar-refractivity contribution is 6.30. The first kappa shape index (κ1) is 14.0. The van der Waals surface area contributed by atoms with E-state index in [0.717, 1.165) is 5.56 Å². The Kier molecular flexibility index (Phi) is 4.97. The summed E-state index contributed by atoms with van der Waals surface area (Å²) in [5, 5.41) is 0.695. The van der Waals surface area contributed by atoms with Crippen molar-refractivity contribution in [2.45, 2.75) is 32.4 Å². The number of amides is 1. The Labute approximate surface area is 108 Å². The van der Waals surface area contributed by atoms with Crippen molar-refractivity contribution in [3.63, 3.8) is 0 Å². The third-order valence-electron chi connectivity index (χ3n) is 3.04. The molecule has 0 spiro atoms. The number of carbonyl (C=O) groups excluding carboxylic acids is 1. The highest BCUT2D eigenvalue weighted by atomic mass is 35.5. The van der Waals surface area contributed by atoms with Crippen molar-refractivity contribution in [2.75, 3.05) is 7.05 Å². The van der Waals surface area contributed by atoms with Crippen LogP contribution in [0, 0.1) is 0 Å². The van der Waals surface area contributed by atoms with Gasteiger partial charge in [-0.2, -0.15) is 0 Å². The molecular formula is C13H19ClN2O. The predicted molar refractivity (Wildman–Crippen MR) is 70.9 cm³/mol. The second-order valence-electron chi connectivity index (χ2n) is 4.19. The first-order valence-electron chi connectivity index (χ1n) is 5.75. The van der Waals surface area contributed by atoms with E-state index in [9.17, 15) is 4.79 Å². The van der Waals surface area contributed by atoms with Crippen molar-refractivity contribution < 1.29 is 4.79 Å². The topological polar surface area (TPSA) is 46.3 Å². The summed E-state index contributed by atoms with van der Waals surface area (Å²) in [7, 11) is 1.77. The summed E-state index contributed by atoms with van der Waals surface area (Å²) in [6.07, 6.45) is 0.649. The summed E-state index contributed by atoms with van der Waals surface area (Å²) < 4.78 is 0. The van der Waals surface area contributed by atoms with E-state index >= 15 is 0 Å². The first-order valence-corrected chi connectivity index (χ1v) is 6.12. The van der Waals surface area contributed by atoms with E-state index in [0.29, 0.717) is 11.4 Å². The van der Waals surface area contributed by atoms with Gasteiger partial charge in [0, 0.05) is 12.1 Å². The second kappa shape index (κ2) is 6.03. The van der Waals surface area contributed by atoms with Gasteiger partial charge < -0.3 is 10.6 Å².